The maximum atomic E-state index is 12.2. The number of aryl methyl sites for hydroxylation is 2. The molecule has 0 saturated carbocycles. The standard InChI is InChI=1S/C22H31NO4/c1-4-5-6-7-8-9-10-11-16-25-20-14-12-19(13-15-20)22(24)26-21-17(2)23-27-18(21)3/h12-15H,4-11,16H2,1-3H3. The highest BCUT2D eigenvalue weighted by Gasteiger charge is 2.16. The van der Waals surface area contributed by atoms with Crippen LogP contribution in [0, 0.1) is 13.8 Å². The van der Waals surface area contributed by atoms with Crippen LogP contribution in [0.5, 0.6) is 11.5 Å². The largest absolute Gasteiger partial charge is 0.494 e. The van der Waals surface area contributed by atoms with Crippen LogP contribution in [0.3, 0.4) is 0 Å². The molecule has 5 heteroatoms. The first-order chi connectivity index (χ1) is 13.1. The molecule has 0 bridgehead atoms. The molecule has 148 valence electrons. The van der Waals surface area contributed by atoms with Gasteiger partial charge in [-0.25, -0.2) is 4.79 Å². The van der Waals surface area contributed by atoms with Crippen LogP contribution in [-0.2, 0) is 0 Å². The number of aromatic nitrogens is 1. The fourth-order valence-electron chi connectivity index (χ4n) is 2.89. The Kier molecular flexibility index (Phi) is 8.89. The molecule has 0 spiro atoms. The molecule has 1 aromatic carbocycles. The summed E-state index contributed by atoms with van der Waals surface area (Å²) in [6.07, 6.45) is 10.2. The Morgan fingerprint density at radius 3 is 2.19 bits per heavy atom. The molecule has 0 aliphatic rings. The molecule has 2 aromatic rings. The molecule has 1 heterocycles. The number of carbonyl (C=O) groups excluding carboxylic acids is 1. The summed E-state index contributed by atoms with van der Waals surface area (Å²) in [6.45, 7) is 6.40. The molecule has 0 fully saturated rings. The minimum atomic E-state index is -0.431. The second-order valence-corrected chi connectivity index (χ2v) is 6.89. The number of nitrogens with zero attached hydrogens (tertiary/aromatic N) is 1. The van der Waals surface area contributed by atoms with Crippen molar-refractivity contribution in [1.29, 1.82) is 0 Å². The van der Waals surface area contributed by atoms with Gasteiger partial charge in [-0.05, 0) is 37.6 Å². The molecule has 0 aliphatic carbocycles. The van der Waals surface area contributed by atoms with Gasteiger partial charge >= 0.3 is 5.97 Å². The van der Waals surface area contributed by atoms with Crippen molar-refractivity contribution in [2.24, 2.45) is 0 Å². The first-order valence-electron chi connectivity index (χ1n) is 9.99. The van der Waals surface area contributed by atoms with Crippen molar-refractivity contribution < 1.29 is 18.8 Å². The van der Waals surface area contributed by atoms with Crippen LogP contribution < -0.4 is 9.47 Å². The third-order valence-corrected chi connectivity index (χ3v) is 4.52. The molecule has 5 nitrogen and oxygen atoms in total. The minimum absolute atomic E-state index is 0.384. The number of hydrogen-bond donors (Lipinski definition) is 0. The summed E-state index contributed by atoms with van der Waals surface area (Å²) < 4.78 is 16.1. The highest BCUT2D eigenvalue weighted by Crippen LogP contribution is 2.23. The van der Waals surface area contributed by atoms with E-state index in [1.165, 1.54) is 44.9 Å². The van der Waals surface area contributed by atoms with Gasteiger partial charge < -0.3 is 14.0 Å². The van der Waals surface area contributed by atoms with Crippen LogP contribution in [-0.4, -0.2) is 17.7 Å². The van der Waals surface area contributed by atoms with E-state index in [2.05, 4.69) is 12.1 Å². The van der Waals surface area contributed by atoms with E-state index in [-0.39, 0.29) is 0 Å². The van der Waals surface area contributed by atoms with Crippen molar-refractivity contribution in [3.8, 4) is 11.5 Å². The van der Waals surface area contributed by atoms with Gasteiger partial charge in [0.2, 0.25) is 0 Å². The molecule has 27 heavy (non-hydrogen) atoms. The average Bonchev–Trinajstić information content (AvgIpc) is 2.99. The van der Waals surface area contributed by atoms with Crippen LogP contribution in [0.1, 0.15) is 80.1 Å². The average molecular weight is 373 g/mol. The molecule has 0 saturated heterocycles. The van der Waals surface area contributed by atoms with E-state index in [1.54, 1.807) is 38.1 Å². The Bertz CT molecular complexity index is 671. The van der Waals surface area contributed by atoms with Gasteiger partial charge in [0.15, 0.2) is 11.5 Å². The highest BCUT2D eigenvalue weighted by atomic mass is 16.6. The fourth-order valence-corrected chi connectivity index (χ4v) is 2.89. The maximum absolute atomic E-state index is 12.2. The topological polar surface area (TPSA) is 61.6 Å². The van der Waals surface area contributed by atoms with Crippen molar-refractivity contribution >= 4 is 5.97 Å². The minimum Gasteiger partial charge on any atom is -0.494 e. The molecular weight excluding hydrogens is 342 g/mol. The third kappa shape index (κ3) is 7.08. The summed E-state index contributed by atoms with van der Waals surface area (Å²) in [4.78, 5) is 12.2. The number of esters is 1. The zero-order valence-electron chi connectivity index (χ0n) is 16.8. The van der Waals surface area contributed by atoms with Crippen molar-refractivity contribution in [2.75, 3.05) is 6.61 Å². The molecule has 0 radical (unpaired) electrons. The normalized spacial score (nSPS) is 10.8. The van der Waals surface area contributed by atoms with E-state index in [1.807, 2.05) is 0 Å². The summed E-state index contributed by atoms with van der Waals surface area (Å²) >= 11 is 0. The lowest BCUT2D eigenvalue weighted by Crippen LogP contribution is -2.09. The molecule has 0 unspecified atom stereocenters. The number of ether oxygens (including phenoxy) is 2. The molecule has 0 N–H and O–H groups in total. The fraction of sp³-hybridized carbons (Fsp3) is 0.545. The highest BCUT2D eigenvalue weighted by molar-refractivity contribution is 5.91. The lowest BCUT2D eigenvalue weighted by Gasteiger charge is -2.07. The first-order valence-corrected chi connectivity index (χ1v) is 9.99. The number of carbonyl (C=O) groups is 1. The van der Waals surface area contributed by atoms with Gasteiger partial charge in [-0.2, -0.15) is 0 Å². The van der Waals surface area contributed by atoms with Gasteiger partial charge in [-0.3, -0.25) is 0 Å². The van der Waals surface area contributed by atoms with Crippen LogP contribution in [0.25, 0.3) is 0 Å². The zero-order valence-corrected chi connectivity index (χ0v) is 16.8. The SMILES string of the molecule is CCCCCCCCCCOc1ccc(C(=O)Oc2c(C)noc2C)cc1. The summed E-state index contributed by atoms with van der Waals surface area (Å²) in [5.74, 6) is 1.21. The van der Waals surface area contributed by atoms with E-state index in [9.17, 15) is 4.79 Å². The second kappa shape index (κ2) is 11.4. The van der Waals surface area contributed by atoms with Gasteiger partial charge in [0.05, 0.1) is 12.2 Å². The number of benzene rings is 1. The summed E-state index contributed by atoms with van der Waals surface area (Å²) in [6, 6.07) is 7.02. The van der Waals surface area contributed by atoms with Crippen molar-refractivity contribution in [3.63, 3.8) is 0 Å². The summed E-state index contributed by atoms with van der Waals surface area (Å²) in [7, 11) is 0. The Labute approximate surface area is 162 Å². The molecule has 2 rings (SSSR count). The second-order valence-electron chi connectivity index (χ2n) is 6.89. The van der Waals surface area contributed by atoms with Gasteiger partial charge in [0.25, 0.3) is 0 Å². The van der Waals surface area contributed by atoms with E-state index in [0.29, 0.717) is 29.4 Å². The predicted molar refractivity (Wildman–Crippen MR) is 105 cm³/mol. The Hall–Kier alpha value is -2.30. The quantitative estimate of drug-likeness (QED) is 0.336. The van der Waals surface area contributed by atoms with Crippen LogP contribution in [0.15, 0.2) is 28.8 Å². The smallest absolute Gasteiger partial charge is 0.343 e. The Balaban J connectivity index is 1.67. The van der Waals surface area contributed by atoms with Crippen molar-refractivity contribution in [1.82, 2.24) is 5.16 Å². The lowest BCUT2D eigenvalue weighted by atomic mass is 10.1. The van der Waals surface area contributed by atoms with Crippen LogP contribution >= 0.6 is 0 Å². The van der Waals surface area contributed by atoms with E-state index < -0.39 is 5.97 Å². The number of rotatable bonds is 12. The number of hydrogen-bond acceptors (Lipinski definition) is 5. The van der Waals surface area contributed by atoms with Crippen molar-refractivity contribution in [2.45, 2.75) is 72.1 Å². The molecule has 0 amide bonds. The monoisotopic (exact) mass is 373 g/mol. The van der Waals surface area contributed by atoms with Crippen LogP contribution in [0.4, 0.5) is 0 Å². The number of unbranched alkanes of at least 4 members (excludes halogenated alkanes) is 7. The lowest BCUT2D eigenvalue weighted by molar-refractivity contribution is 0.0730. The van der Waals surface area contributed by atoms with Crippen molar-refractivity contribution in [3.05, 3.63) is 41.3 Å². The molecule has 0 atom stereocenters. The zero-order chi connectivity index (χ0) is 19.5. The Morgan fingerprint density at radius 2 is 1.59 bits per heavy atom. The van der Waals surface area contributed by atoms with Crippen LogP contribution in [0.2, 0.25) is 0 Å². The molecule has 1 aromatic heterocycles. The molecule has 0 aliphatic heterocycles. The maximum Gasteiger partial charge on any atom is 0.343 e. The van der Waals surface area contributed by atoms with E-state index in [0.717, 1.165) is 12.2 Å². The summed E-state index contributed by atoms with van der Waals surface area (Å²) in [5, 5.41) is 3.78. The van der Waals surface area contributed by atoms with Gasteiger partial charge in [0, 0.05) is 6.92 Å². The summed E-state index contributed by atoms with van der Waals surface area (Å²) in [5.41, 5.74) is 1.03. The van der Waals surface area contributed by atoms with E-state index in [4.69, 9.17) is 14.0 Å². The first kappa shape index (κ1) is 21.0. The van der Waals surface area contributed by atoms with E-state index >= 15 is 0 Å². The molecular formula is C22H31NO4. The van der Waals surface area contributed by atoms with Gasteiger partial charge in [-0.1, -0.05) is 57.0 Å². The van der Waals surface area contributed by atoms with Gasteiger partial charge in [-0.15, -0.1) is 0 Å². The predicted octanol–water partition coefficient (Wildman–Crippen LogP) is 6.03. The van der Waals surface area contributed by atoms with Gasteiger partial charge in [0.1, 0.15) is 11.4 Å². The third-order valence-electron chi connectivity index (χ3n) is 4.52. The Morgan fingerprint density at radius 1 is 0.963 bits per heavy atom.